The zero-order valence-corrected chi connectivity index (χ0v) is 19.2. The first-order valence-corrected chi connectivity index (χ1v) is 10.9. The lowest BCUT2D eigenvalue weighted by atomic mass is 9.95. The molecule has 4 rings (SSSR count). The minimum atomic E-state index is -0.744. The summed E-state index contributed by atoms with van der Waals surface area (Å²) in [6, 6.07) is 11.4. The summed E-state index contributed by atoms with van der Waals surface area (Å²) in [4.78, 5) is 29.5. The van der Waals surface area contributed by atoms with Gasteiger partial charge in [0.05, 0.1) is 17.7 Å². The molecule has 2 aliphatic heterocycles. The number of Topliss-reactive ketones (excluding diaryl/α,β-unsaturated/α-hetero) is 1. The second kappa shape index (κ2) is 9.15. The predicted molar refractivity (Wildman–Crippen MR) is 122 cm³/mol. The molecular formula is C25H28N2O6. The Balaban J connectivity index is 1.78. The average molecular weight is 453 g/mol. The summed E-state index contributed by atoms with van der Waals surface area (Å²) in [6.45, 7) is 4.86. The minimum Gasteiger partial charge on any atom is -0.507 e. The molecule has 0 aliphatic carbocycles. The molecule has 2 heterocycles. The summed E-state index contributed by atoms with van der Waals surface area (Å²) < 4.78 is 16.6. The molecule has 1 fully saturated rings. The predicted octanol–water partition coefficient (Wildman–Crippen LogP) is 3.19. The monoisotopic (exact) mass is 452 g/mol. The van der Waals surface area contributed by atoms with Gasteiger partial charge < -0.3 is 29.1 Å². The Morgan fingerprint density at radius 1 is 1.12 bits per heavy atom. The van der Waals surface area contributed by atoms with Crippen molar-refractivity contribution in [3.8, 4) is 17.2 Å². The van der Waals surface area contributed by atoms with Crippen molar-refractivity contribution in [2.45, 2.75) is 26.0 Å². The van der Waals surface area contributed by atoms with Gasteiger partial charge in [-0.05, 0) is 69.9 Å². The number of carbonyl (C=O) groups is 2. The van der Waals surface area contributed by atoms with E-state index in [2.05, 4.69) is 0 Å². The van der Waals surface area contributed by atoms with Crippen molar-refractivity contribution < 1.29 is 28.9 Å². The van der Waals surface area contributed by atoms with E-state index < -0.39 is 17.7 Å². The van der Waals surface area contributed by atoms with Crippen LogP contribution in [-0.4, -0.2) is 66.7 Å². The molecule has 2 aromatic carbocycles. The highest BCUT2D eigenvalue weighted by Gasteiger charge is 2.46. The van der Waals surface area contributed by atoms with E-state index in [9.17, 15) is 14.7 Å². The highest BCUT2D eigenvalue weighted by Crippen LogP contribution is 2.43. The van der Waals surface area contributed by atoms with Crippen molar-refractivity contribution in [2.24, 2.45) is 0 Å². The lowest BCUT2D eigenvalue weighted by Crippen LogP contribution is -2.35. The Hall–Kier alpha value is -3.52. The quantitative estimate of drug-likeness (QED) is 0.392. The van der Waals surface area contributed by atoms with Crippen LogP contribution in [-0.2, 0) is 9.59 Å². The second-order valence-corrected chi connectivity index (χ2v) is 8.60. The number of hydrogen-bond acceptors (Lipinski definition) is 7. The van der Waals surface area contributed by atoms with Crippen LogP contribution in [0.4, 0.5) is 0 Å². The molecule has 0 radical (unpaired) electrons. The van der Waals surface area contributed by atoms with Gasteiger partial charge >= 0.3 is 0 Å². The van der Waals surface area contributed by atoms with Crippen molar-refractivity contribution in [1.29, 1.82) is 0 Å². The summed E-state index contributed by atoms with van der Waals surface area (Å²) in [5.41, 5.74) is 1.15. The van der Waals surface area contributed by atoms with E-state index >= 15 is 0 Å². The number of hydrogen-bond donors (Lipinski definition) is 1. The van der Waals surface area contributed by atoms with Gasteiger partial charge in [0.1, 0.15) is 11.5 Å². The van der Waals surface area contributed by atoms with Crippen LogP contribution in [0, 0.1) is 0 Å². The molecule has 1 unspecified atom stereocenters. The summed E-state index contributed by atoms with van der Waals surface area (Å²) >= 11 is 0. The second-order valence-electron chi connectivity index (χ2n) is 8.60. The van der Waals surface area contributed by atoms with E-state index in [1.807, 2.05) is 32.8 Å². The first-order chi connectivity index (χ1) is 15.8. The zero-order valence-electron chi connectivity index (χ0n) is 19.2. The van der Waals surface area contributed by atoms with Crippen molar-refractivity contribution in [3.05, 3.63) is 59.2 Å². The highest BCUT2D eigenvalue weighted by atomic mass is 16.7. The Labute approximate surface area is 193 Å². The number of aliphatic hydroxyl groups is 1. The van der Waals surface area contributed by atoms with Crippen LogP contribution in [0.2, 0.25) is 0 Å². The zero-order chi connectivity index (χ0) is 23.7. The van der Waals surface area contributed by atoms with Crippen molar-refractivity contribution in [2.75, 3.05) is 34.0 Å². The molecule has 174 valence electrons. The maximum absolute atomic E-state index is 13.1. The molecule has 8 heteroatoms. The molecule has 1 N–H and O–H groups in total. The summed E-state index contributed by atoms with van der Waals surface area (Å²) in [5, 5.41) is 11.2. The van der Waals surface area contributed by atoms with Gasteiger partial charge in [0.15, 0.2) is 11.5 Å². The average Bonchev–Trinajstić information content (AvgIpc) is 3.34. The number of fused-ring (bicyclic) bond motifs is 1. The SMILES string of the molecule is CC(C)Oc1ccc(/C(O)=C2\C(=O)C(=O)N(CCN(C)C)C2c2ccc3c(c2)OCO3)cc1. The normalized spacial score (nSPS) is 19.1. The number of nitrogens with zero attached hydrogens (tertiary/aromatic N) is 2. The minimum absolute atomic E-state index is 0.0116. The highest BCUT2D eigenvalue weighted by molar-refractivity contribution is 6.46. The van der Waals surface area contributed by atoms with Gasteiger partial charge in [-0.2, -0.15) is 0 Å². The van der Waals surface area contributed by atoms with Gasteiger partial charge in [0.2, 0.25) is 6.79 Å². The van der Waals surface area contributed by atoms with Crippen molar-refractivity contribution in [3.63, 3.8) is 0 Å². The summed E-state index contributed by atoms with van der Waals surface area (Å²) in [5.74, 6) is 0.225. The topological polar surface area (TPSA) is 88.5 Å². The molecule has 1 atom stereocenters. The number of rotatable bonds is 7. The number of likely N-dealkylation sites (N-methyl/N-ethyl adjacent to an activating group) is 1. The molecular weight excluding hydrogens is 424 g/mol. The molecule has 0 saturated carbocycles. The summed E-state index contributed by atoms with van der Waals surface area (Å²) in [6.07, 6.45) is 0.0116. The van der Waals surface area contributed by atoms with Crippen LogP contribution in [0.3, 0.4) is 0 Å². The van der Waals surface area contributed by atoms with E-state index in [0.717, 1.165) is 0 Å². The van der Waals surface area contributed by atoms with E-state index in [-0.39, 0.29) is 24.2 Å². The van der Waals surface area contributed by atoms with Gasteiger partial charge in [-0.1, -0.05) is 6.07 Å². The first-order valence-electron chi connectivity index (χ1n) is 10.9. The van der Waals surface area contributed by atoms with E-state index in [0.29, 0.717) is 41.5 Å². The van der Waals surface area contributed by atoms with E-state index in [1.54, 1.807) is 42.5 Å². The van der Waals surface area contributed by atoms with Gasteiger partial charge in [-0.15, -0.1) is 0 Å². The maximum atomic E-state index is 13.1. The van der Waals surface area contributed by atoms with Crippen molar-refractivity contribution in [1.82, 2.24) is 9.80 Å². The van der Waals surface area contributed by atoms with Gasteiger partial charge in [0, 0.05) is 18.7 Å². The Bertz CT molecular complexity index is 1090. The number of ether oxygens (including phenoxy) is 3. The molecule has 8 nitrogen and oxygen atoms in total. The van der Waals surface area contributed by atoms with Crippen LogP contribution in [0.25, 0.3) is 5.76 Å². The van der Waals surface area contributed by atoms with E-state index in [1.165, 1.54) is 4.90 Å². The lowest BCUT2D eigenvalue weighted by Gasteiger charge is -2.26. The molecule has 0 aromatic heterocycles. The molecule has 0 bridgehead atoms. The van der Waals surface area contributed by atoms with Crippen LogP contribution < -0.4 is 14.2 Å². The number of amides is 1. The molecule has 1 saturated heterocycles. The van der Waals surface area contributed by atoms with Crippen LogP contribution in [0.15, 0.2) is 48.0 Å². The van der Waals surface area contributed by atoms with Gasteiger partial charge in [-0.3, -0.25) is 9.59 Å². The third-order valence-corrected chi connectivity index (χ3v) is 5.54. The molecule has 2 aliphatic rings. The fourth-order valence-electron chi connectivity index (χ4n) is 3.97. The third-order valence-electron chi connectivity index (χ3n) is 5.54. The number of carbonyl (C=O) groups excluding carboxylic acids is 2. The Morgan fingerprint density at radius 2 is 1.82 bits per heavy atom. The maximum Gasteiger partial charge on any atom is 0.295 e. The third kappa shape index (κ3) is 4.52. The molecule has 0 spiro atoms. The lowest BCUT2D eigenvalue weighted by molar-refractivity contribution is -0.140. The fraction of sp³-hybridized carbons (Fsp3) is 0.360. The fourth-order valence-corrected chi connectivity index (χ4v) is 3.97. The smallest absolute Gasteiger partial charge is 0.295 e. The first kappa shape index (κ1) is 22.7. The summed E-state index contributed by atoms with van der Waals surface area (Å²) in [7, 11) is 3.79. The molecule has 33 heavy (non-hydrogen) atoms. The Morgan fingerprint density at radius 3 is 2.48 bits per heavy atom. The standard InChI is InChI=1S/C25H28N2O6/c1-15(2)33-18-8-5-16(6-9-18)23(28)21-22(17-7-10-19-20(13-17)32-14-31-19)27(12-11-26(3)4)25(30)24(21)29/h5-10,13,15,22,28H,11-12,14H2,1-4H3/b23-21+. The van der Waals surface area contributed by atoms with Crippen LogP contribution in [0.1, 0.15) is 31.0 Å². The van der Waals surface area contributed by atoms with Crippen LogP contribution >= 0.6 is 0 Å². The number of aliphatic hydroxyl groups excluding tert-OH is 1. The number of likely N-dealkylation sites (tertiary alicyclic amines) is 1. The van der Waals surface area contributed by atoms with Gasteiger partial charge in [-0.25, -0.2) is 0 Å². The van der Waals surface area contributed by atoms with Gasteiger partial charge in [0.25, 0.3) is 11.7 Å². The van der Waals surface area contributed by atoms with E-state index in [4.69, 9.17) is 14.2 Å². The molecule has 1 amide bonds. The van der Waals surface area contributed by atoms with Crippen molar-refractivity contribution >= 4 is 17.4 Å². The molecule has 2 aromatic rings. The number of benzene rings is 2. The Kier molecular flexibility index (Phi) is 6.29. The van der Waals surface area contributed by atoms with Crippen LogP contribution in [0.5, 0.6) is 17.2 Å². The largest absolute Gasteiger partial charge is 0.507 e. The number of ketones is 1.